The van der Waals surface area contributed by atoms with Crippen LogP contribution >= 0.6 is 0 Å². The molecule has 18 atom stereocenters. The Bertz CT molecular complexity index is 1310. The monoisotopic (exact) mass is 602 g/mol. The summed E-state index contributed by atoms with van der Waals surface area (Å²) in [7, 11) is 0. The van der Waals surface area contributed by atoms with Gasteiger partial charge >= 0.3 is 11.9 Å². The van der Waals surface area contributed by atoms with Crippen LogP contribution in [0.5, 0.6) is 0 Å². The highest BCUT2D eigenvalue weighted by Crippen LogP contribution is 2.80. The van der Waals surface area contributed by atoms with E-state index in [0.29, 0.717) is 19.3 Å². The van der Waals surface area contributed by atoms with Gasteiger partial charge in [-0.05, 0) is 74.5 Å². The van der Waals surface area contributed by atoms with Crippen molar-refractivity contribution >= 4 is 17.7 Å². The van der Waals surface area contributed by atoms with Crippen LogP contribution in [-0.4, -0.2) is 81.1 Å². The Labute approximate surface area is 252 Å². The smallest absolute Gasteiger partial charge is 0.341 e. The molecule has 3 aliphatic heterocycles. The van der Waals surface area contributed by atoms with E-state index in [9.17, 15) is 29.7 Å². The summed E-state index contributed by atoms with van der Waals surface area (Å²) in [5, 5.41) is 35.8. The third-order valence-electron chi connectivity index (χ3n) is 14.7. The number of epoxide rings is 2. The quantitative estimate of drug-likeness (QED) is 0.323. The van der Waals surface area contributed by atoms with Crippen LogP contribution in [0.15, 0.2) is 0 Å². The molecule has 8 rings (SSSR count). The Morgan fingerprint density at radius 2 is 1.70 bits per heavy atom. The molecule has 10 heteroatoms. The van der Waals surface area contributed by atoms with Crippen molar-refractivity contribution < 1.29 is 48.7 Å². The van der Waals surface area contributed by atoms with Gasteiger partial charge in [0.05, 0.1) is 17.6 Å². The van der Waals surface area contributed by atoms with Crippen molar-refractivity contribution in [3.8, 4) is 0 Å². The molecule has 8 fully saturated rings. The second kappa shape index (κ2) is 8.21. The maximum atomic E-state index is 14.2. The Morgan fingerprint density at radius 3 is 2.37 bits per heavy atom. The molecule has 3 saturated heterocycles. The summed E-state index contributed by atoms with van der Waals surface area (Å²) in [5.41, 5.74) is -4.40. The molecule has 3 heterocycles. The number of fused-ring (bicyclic) bond motifs is 9. The Balaban J connectivity index is 1.22. The molecule has 0 aromatic carbocycles. The van der Waals surface area contributed by atoms with Crippen LogP contribution in [0.25, 0.3) is 0 Å². The highest BCUT2D eigenvalue weighted by atomic mass is 16.8. The summed E-state index contributed by atoms with van der Waals surface area (Å²) in [5.74, 6) is -4.45. The molecule has 238 valence electrons. The van der Waals surface area contributed by atoms with E-state index in [4.69, 9.17) is 18.9 Å². The first-order valence-corrected chi connectivity index (χ1v) is 16.4. The zero-order valence-corrected chi connectivity index (χ0v) is 26.1. The number of esters is 2. The number of carbonyl (C=O) groups is 3. The lowest BCUT2D eigenvalue weighted by Gasteiger charge is -2.63. The largest absolute Gasteiger partial charge is 0.459 e. The topological polar surface area (TPSA) is 155 Å². The first-order valence-electron chi connectivity index (χ1n) is 16.4. The SMILES string of the molecule is CC(C)CC(=O)O[C@H]1[C@H]2O[C@H]2C[C@@H]2C(=O)[C@H](O)C3C(C[C@H](O)[C@@]4(C)[C@H]3C[C@@H]3[C@@H]4C(C)[C@H]4O[C@]45OC(=O)[C@@](C)(O)[C@]35C)[C@]21C. The van der Waals surface area contributed by atoms with Crippen molar-refractivity contribution in [3.05, 3.63) is 0 Å². The average Bonchev–Trinajstić information content (AvgIpc) is 3.81. The summed E-state index contributed by atoms with van der Waals surface area (Å²) in [6, 6.07) is 0. The molecular formula is C33H46O10. The van der Waals surface area contributed by atoms with E-state index in [1.165, 1.54) is 6.92 Å². The van der Waals surface area contributed by atoms with Crippen LogP contribution in [0.3, 0.4) is 0 Å². The minimum atomic E-state index is -1.80. The lowest BCUT2D eigenvalue weighted by molar-refractivity contribution is -0.225. The van der Waals surface area contributed by atoms with Crippen molar-refractivity contribution in [1.82, 2.24) is 0 Å². The number of aliphatic hydroxyl groups is 3. The van der Waals surface area contributed by atoms with Crippen molar-refractivity contribution in [2.75, 3.05) is 0 Å². The predicted octanol–water partition coefficient (Wildman–Crippen LogP) is 2.00. The van der Waals surface area contributed by atoms with Gasteiger partial charge in [0.15, 0.2) is 11.4 Å². The third kappa shape index (κ3) is 3.02. The van der Waals surface area contributed by atoms with E-state index in [0.717, 1.165) is 0 Å². The molecule has 5 aliphatic carbocycles. The summed E-state index contributed by atoms with van der Waals surface area (Å²) >= 11 is 0. The van der Waals surface area contributed by atoms with Gasteiger partial charge in [0.2, 0.25) is 5.79 Å². The summed E-state index contributed by atoms with van der Waals surface area (Å²) < 4.78 is 24.2. The van der Waals surface area contributed by atoms with E-state index >= 15 is 0 Å². The first-order chi connectivity index (χ1) is 20.0. The van der Waals surface area contributed by atoms with E-state index < -0.39 is 69.9 Å². The number of aliphatic hydroxyl groups excluding tert-OH is 2. The number of hydrogen-bond acceptors (Lipinski definition) is 10. The average molecular weight is 603 g/mol. The van der Waals surface area contributed by atoms with Gasteiger partial charge in [0, 0.05) is 23.2 Å². The number of ketones is 1. The van der Waals surface area contributed by atoms with Gasteiger partial charge in [-0.15, -0.1) is 0 Å². The minimum absolute atomic E-state index is 0.0826. The van der Waals surface area contributed by atoms with E-state index in [2.05, 4.69) is 13.8 Å². The molecule has 0 radical (unpaired) electrons. The molecule has 43 heavy (non-hydrogen) atoms. The van der Waals surface area contributed by atoms with Gasteiger partial charge in [-0.25, -0.2) is 4.79 Å². The van der Waals surface area contributed by atoms with Crippen LogP contribution in [0, 0.1) is 63.6 Å². The van der Waals surface area contributed by atoms with Crippen LogP contribution < -0.4 is 0 Å². The van der Waals surface area contributed by atoms with Gasteiger partial charge < -0.3 is 34.3 Å². The lowest BCUT2D eigenvalue weighted by atomic mass is 9.42. The second-order valence-electron chi connectivity index (χ2n) is 16.7. The maximum absolute atomic E-state index is 14.2. The van der Waals surface area contributed by atoms with Gasteiger partial charge in [-0.3, -0.25) is 9.59 Å². The van der Waals surface area contributed by atoms with Crippen molar-refractivity contribution in [3.63, 3.8) is 0 Å². The predicted molar refractivity (Wildman–Crippen MR) is 148 cm³/mol. The molecule has 0 amide bonds. The lowest BCUT2D eigenvalue weighted by Crippen LogP contribution is -2.69. The Kier molecular flexibility index (Phi) is 5.51. The fourth-order valence-electron chi connectivity index (χ4n) is 12.4. The molecule has 3 N–H and O–H groups in total. The van der Waals surface area contributed by atoms with Crippen LogP contribution in [0.2, 0.25) is 0 Å². The highest BCUT2D eigenvalue weighted by molar-refractivity contribution is 5.88. The fraction of sp³-hybridized carbons (Fsp3) is 0.909. The number of rotatable bonds is 3. The van der Waals surface area contributed by atoms with Crippen molar-refractivity contribution in [1.29, 1.82) is 0 Å². The number of carbonyl (C=O) groups excluding carboxylic acids is 3. The van der Waals surface area contributed by atoms with Gasteiger partial charge in [-0.1, -0.05) is 34.6 Å². The molecule has 3 unspecified atom stereocenters. The molecule has 0 bridgehead atoms. The summed E-state index contributed by atoms with van der Waals surface area (Å²) in [4.78, 5) is 40.3. The van der Waals surface area contributed by atoms with Crippen LogP contribution in [-0.2, 0) is 33.3 Å². The highest BCUT2D eigenvalue weighted by Gasteiger charge is 2.91. The molecule has 10 nitrogen and oxygen atoms in total. The number of Topliss-reactive ketones (excluding diaryl/α,β-unsaturated/α-hetero) is 1. The Hall–Kier alpha value is -1.59. The summed E-state index contributed by atoms with van der Waals surface area (Å²) in [6.45, 7) is 13.4. The zero-order chi connectivity index (χ0) is 31.0. The molecule has 8 aliphatic rings. The molecule has 0 aromatic rings. The molecular weight excluding hydrogens is 556 g/mol. The van der Waals surface area contributed by atoms with Crippen LogP contribution in [0.1, 0.15) is 74.1 Å². The number of hydrogen-bond donors (Lipinski definition) is 3. The molecule has 0 aromatic heterocycles. The number of ether oxygens (including phenoxy) is 4. The van der Waals surface area contributed by atoms with Gasteiger partial charge in [-0.2, -0.15) is 0 Å². The van der Waals surface area contributed by atoms with Crippen molar-refractivity contribution in [2.45, 2.75) is 122 Å². The van der Waals surface area contributed by atoms with E-state index in [1.54, 1.807) is 0 Å². The van der Waals surface area contributed by atoms with Gasteiger partial charge in [0.1, 0.15) is 24.4 Å². The van der Waals surface area contributed by atoms with Crippen molar-refractivity contribution in [2.24, 2.45) is 63.6 Å². The van der Waals surface area contributed by atoms with Crippen LogP contribution in [0.4, 0.5) is 0 Å². The second-order valence-corrected chi connectivity index (χ2v) is 16.7. The van der Waals surface area contributed by atoms with E-state index in [-0.39, 0.29) is 65.9 Å². The minimum Gasteiger partial charge on any atom is -0.459 e. The first kappa shape index (κ1) is 28.9. The fourth-order valence-corrected chi connectivity index (χ4v) is 12.4. The molecule has 5 saturated carbocycles. The zero-order valence-electron chi connectivity index (χ0n) is 26.1. The molecule has 1 spiro atoms. The third-order valence-corrected chi connectivity index (χ3v) is 14.7. The summed E-state index contributed by atoms with van der Waals surface area (Å²) in [6.07, 6.45) is -1.95. The Morgan fingerprint density at radius 1 is 1.02 bits per heavy atom. The van der Waals surface area contributed by atoms with Gasteiger partial charge in [0.25, 0.3) is 0 Å². The maximum Gasteiger partial charge on any atom is 0.341 e. The normalized spacial score (nSPS) is 62.2. The van der Waals surface area contributed by atoms with E-state index in [1.807, 2.05) is 27.7 Å². The standard InChI is InChI=1S/C33H46O10/c1-12(2)8-20(35)41-27-25-18(40-25)10-17-23(36)24(37)21-14-9-16-22(30(14,5)19(34)11-15(21)29(17,27)4)13(3)26-33(42-26)31(16,6)32(7,39)28(38)43-33/h12-19,21-22,24-27,34,37,39H,8-11H2,1-7H3/t13?,14-,15?,16+,17+,18-,19-,21?,22-,24+,25-,26+,27-,29+,30+,31-,32+,33-/m0/s1.